The van der Waals surface area contributed by atoms with Crippen molar-refractivity contribution < 1.29 is 14.3 Å². The van der Waals surface area contributed by atoms with Gasteiger partial charge in [0.2, 0.25) is 0 Å². The van der Waals surface area contributed by atoms with Crippen LogP contribution in [0, 0.1) is 20.8 Å². The molecule has 0 aliphatic carbocycles. The summed E-state index contributed by atoms with van der Waals surface area (Å²) in [7, 11) is 0. The molecule has 0 bridgehead atoms. The number of benzene rings is 2. The van der Waals surface area contributed by atoms with Crippen LogP contribution in [0.25, 0.3) is 0 Å². The first kappa shape index (κ1) is 16.4. The molecule has 1 atom stereocenters. The minimum Gasteiger partial charge on any atom is -0.493 e. The minimum atomic E-state index is -0.114. The number of para-hydroxylation sites is 1. The molecule has 0 saturated carbocycles. The van der Waals surface area contributed by atoms with Crippen LogP contribution in [0.15, 0.2) is 36.4 Å². The minimum absolute atomic E-state index is 0.0185. The lowest BCUT2D eigenvalue weighted by Crippen LogP contribution is -2.35. The van der Waals surface area contributed by atoms with Crippen LogP contribution in [0.5, 0.6) is 11.5 Å². The van der Waals surface area contributed by atoms with Gasteiger partial charge in [-0.3, -0.25) is 4.79 Å². The number of fused-ring (bicyclic) bond motifs is 1. The molecule has 24 heavy (non-hydrogen) atoms. The lowest BCUT2D eigenvalue weighted by Gasteiger charge is -2.26. The molecule has 0 radical (unpaired) electrons. The van der Waals surface area contributed by atoms with E-state index in [2.05, 4.69) is 11.4 Å². The second kappa shape index (κ2) is 6.95. The zero-order valence-corrected chi connectivity index (χ0v) is 14.4. The lowest BCUT2D eigenvalue weighted by molar-refractivity contribution is -0.124. The van der Waals surface area contributed by atoms with Crippen molar-refractivity contribution in [1.29, 1.82) is 0 Å². The monoisotopic (exact) mass is 325 g/mol. The lowest BCUT2D eigenvalue weighted by atomic mass is 10.0. The summed E-state index contributed by atoms with van der Waals surface area (Å²) in [5, 5.41) is 3.05. The van der Waals surface area contributed by atoms with E-state index in [0.717, 1.165) is 40.2 Å². The molecule has 4 nitrogen and oxygen atoms in total. The number of carbonyl (C=O) groups excluding carboxylic acids is 1. The number of hydrogen-bond acceptors (Lipinski definition) is 3. The number of nitrogens with one attached hydrogen (secondary N) is 1. The van der Waals surface area contributed by atoms with E-state index in [9.17, 15) is 4.79 Å². The van der Waals surface area contributed by atoms with Gasteiger partial charge in [0.1, 0.15) is 11.5 Å². The predicted octanol–water partition coefficient (Wildman–Crippen LogP) is 3.63. The van der Waals surface area contributed by atoms with Crippen LogP contribution in [-0.2, 0) is 4.79 Å². The van der Waals surface area contributed by atoms with Gasteiger partial charge in [0.25, 0.3) is 5.91 Å². The van der Waals surface area contributed by atoms with Crippen molar-refractivity contribution in [3.63, 3.8) is 0 Å². The first-order valence-electron chi connectivity index (χ1n) is 8.27. The molecule has 2 aromatic rings. The number of hydrogen-bond donors (Lipinski definition) is 1. The van der Waals surface area contributed by atoms with E-state index in [1.807, 2.05) is 51.1 Å². The summed E-state index contributed by atoms with van der Waals surface area (Å²) in [5.74, 6) is 1.54. The molecule has 4 heteroatoms. The molecule has 2 aromatic carbocycles. The second-order valence-corrected chi connectivity index (χ2v) is 6.24. The topological polar surface area (TPSA) is 47.6 Å². The third-order valence-corrected chi connectivity index (χ3v) is 4.51. The summed E-state index contributed by atoms with van der Waals surface area (Å²) in [6.07, 6.45) is 0.769. The van der Waals surface area contributed by atoms with Crippen molar-refractivity contribution >= 4 is 5.91 Å². The van der Waals surface area contributed by atoms with Crippen LogP contribution in [-0.4, -0.2) is 19.1 Å². The fourth-order valence-electron chi connectivity index (χ4n) is 3.01. The molecule has 0 saturated heterocycles. The quantitative estimate of drug-likeness (QED) is 0.934. The normalized spacial score (nSPS) is 16.0. The maximum atomic E-state index is 12.3. The van der Waals surface area contributed by atoms with Crippen molar-refractivity contribution in [2.75, 3.05) is 13.2 Å². The van der Waals surface area contributed by atoms with Crippen LogP contribution < -0.4 is 14.8 Å². The zero-order valence-electron chi connectivity index (χ0n) is 14.4. The van der Waals surface area contributed by atoms with Crippen molar-refractivity contribution in [3.8, 4) is 11.5 Å². The van der Waals surface area contributed by atoms with E-state index in [1.165, 1.54) is 0 Å². The maximum Gasteiger partial charge on any atom is 0.258 e. The van der Waals surface area contributed by atoms with Crippen LogP contribution >= 0.6 is 0 Å². The fraction of sp³-hybridized carbons (Fsp3) is 0.350. The fourth-order valence-corrected chi connectivity index (χ4v) is 3.01. The Bertz CT molecular complexity index is 755. The highest BCUT2D eigenvalue weighted by Gasteiger charge is 2.22. The van der Waals surface area contributed by atoms with Crippen LogP contribution in [0.3, 0.4) is 0 Å². The summed E-state index contributed by atoms with van der Waals surface area (Å²) in [5.41, 5.74) is 4.32. The Morgan fingerprint density at radius 3 is 2.75 bits per heavy atom. The molecule has 1 unspecified atom stereocenters. The highest BCUT2D eigenvalue weighted by Crippen LogP contribution is 2.31. The third-order valence-electron chi connectivity index (χ3n) is 4.51. The molecule has 1 aliphatic rings. The van der Waals surface area contributed by atoms with Crippen LogP contribution in [0.2, 0.25) is 0 Å². The van der Waals surface area contributed by atoms with Gasteiger partial charge in [-0.2, -0.15) is 0 Å². The molecule has 0 spiro atoms. The molecule has 0 fully saturated rings. The second-order valence-electron chi connectivity index (χ2n) is 6.24. The Hall–Kier alpha value is -2.49. The SMILES string of the molecule is Cc1ccc(C)c(OCC(=O)NC2CCOc3ccccc32)c1C. The van der Waals surface area contributed by atoms with Crippen molar-refractivity contribution in [2.45, 2.75) is 33.2 Å². The number of carbonyl (C=O) groups is 1. The number of rotatable bonds is 4. The summed E-state index contributed by atoms with van der Waals surface area (Å²) in [6.45, 7) is 6.68. The first-order valence-corrected chi connectivity index (χ1v) is 8.27. The van der Waals surface area contributed by atoms with E-state index in [-0.39, 0.29) is 18.6 Å². The average Bonchev–Trinajstić information content (AvgIpc) is 2.59. The van der Waals surface area contributed by atoms with Gasteiger partial charge >= 0.3 is 0 Å². The smallest absolute Gasteiger partial charge is 0.258 e. The third kappa shape index (κ3) is 3.37. The van der Waals surface area contributed by atoms with E-state index in [1.54, 1.807) is 0 Å². The van der Waals surface area contributed by atoms with Gasteiger partial charge in [-0.25, -0.2) is 0 Å². The van der Waals surface area contributed by atoms with E-state index in [4.69, 9.17) is 9.47 Å². The largest absolute Gasteiger partial charge is 0.493 e. The highest BCUT2D eigenvalue weighted by atomic mass is 16.5. The Morgan fingerprint density at radius 2 is 1.92 bits per heavy atom. The van der Waals surface area contributed by atoms with E-state index in [0.29, 0.717) is 6.61 Å². The number of ether oxygens (including phenoxy) is 2. The Labute approximate surface area is 142 Å². The molecule has 126 valence electrons. The average molecular weight is 325 g/mol. The summed E-state index contributed by atoms with van der Waals surface area (Å²) in [6, 6.07) is 11.9. The molecule has 1 aliphatic heterocycles. The molecular weight excluding hydrogens is 302 g/mol. The van der Waals surface area contributed by atoms with Gasteiger partial charge < -0.3 is 14.8 Å². The van der Waals surface area contributed by atoms with Crippen LogP contribution in [0.4, 0.5) is 0 Å². The van der Waals surface area contributed by atoms with Gasteiger partial charge in [-0.1, -0.05) is 30.3 Å². The molecular formula is C20H23NO3. The number of aryl methyl sites for hydroxylation is 2. The molecule has 1 amide bonds. The van der Waals surface area contributed by atoms with Gasteiger partial charge in [0, 0.05) is 12.0 Å². The van der Waals surface area contributed by atoms with Gasteiger partial charge in [-0.15, -0.1) is 0 Å². The summed E-state index contributed by atoms with van der Waals surface area (Å²) < 4.78 is 11.4. The zero-order chi connectivity index (χ0) is 17.1. The number of amides is 1. The summed E-state index contributed by atoms with van der Waals surface area (Å²) in [4.78, 5) is 12.3. The predicted molar refractivity (Wildman–Crippen MR) is 93.6 cm³/mol. The Balaban J connectivity index is 1.65. The van der Waals surface area contributed by atoms with Gasteiger partial charge in [-0.05, 0) is 43.5 Å². The standard InChI is InChI=1S/C20H23NO3/c1-13-8-9-14(2)20(15(13)3)24-12-19(22)21-17-10-11-23-18-7-5-4-6-16(17)18/h4-9,17H,10-12H2,1-3H3,(H,21,22). The van der Waals surface area contributed by atoms with Crippen molar-refractivity contribution in [3.05, 3.63) is 58.7 Å². The molecule has 0 aromatic heterocycles. The molecule has 1 N–H and O–H groups in total. The first-order chi connectivity index (χ1) is 11.6. The van der Waals surface area contributed by atoms with E-state index < -0.39 is 0 Å². The van der Waals surface area contributed by atoms with Crippen molar-refractivity contribution in [2.24, 2.45) is 0 Å². The van der Waals surface area contributed by atoms with Gasteiger partial charge in [0.05, 0.1) is 12.6 Å². The van der Waals surface area contributed by atoms with Gasteiger partial charge in [0.15, 0.2) is 6.61 Å². The maximum absolute atomic E-state index is 12.3. The molecule has 3 rings (SSSR count). The van der Waals surface area contributed by atoms with E-state index >= 15 is 0 Å². The Morgan fingerprint density at radius 1 is 1.17 bits per heavy atom. The van der Waals surface area contributed by atoms with Crippen molar-refractivity contribution in [1.82, 2.24) is 5.32 Å². The summed E-state index contributed by atoms with van der Waals surface area (Å²) >= 11 is 0. The highest BCUT2D eigenvalue weighted by molar-refractivity contribution is 5.78. The Kier molecular flexibility index (Phi) is 4.74. The molecule has 1 heterocycles. The van der Waals surface area contributed by atoms with Crippen LogP contribution in [0.1, 0.15) is 34.7 Å².